The highest BCUT2D eigenvalue weighted by Gasteiger charge is 2.11. The molecule has 1 atom stereocenters. The summed E-state index contributed by atoms with van der Waals surface area (Å²) in [6.45, 7) is 4.73. The zero-order chi connectivity index (χ0) is 12.7. The normalized spacial score (nSPS) is 11.1. The van der Waals surface area contributed by atoms with Crippen molar-refractivity contribution in [3.05, 3.63) is 43.0 Å². The van der Waals surface area contributed by atoms with Crippen LogP contribution in [0.3, 0.4) is 0 Å². The van der Waals surface area contributed by atoms with Gasteiger partial charge in [-0.25, -0.2) is 9.59 Å². The van der Waals surface area contributed by atoms with E-state index in [4.69, 9.17) is 9.47 Å². The van der Waals surface area contributed by atoms with Gasteiger partial charge in [-0.15, -0.1) is 0 Å². The monoisotopic (exact) mass is 234 g/mol. The molecule has 0 heterocycles. The molecular weight excluding hydrogens is 222 g/mol. The van der Waals surface area contributed by atoms with Crippen LogP contribution >= 0.6 is 0 Å². The molecule has 1 radical (unpaired) electrons. The molecule has 89 valence electrons. The number of carbonyl (C=O) groups is 2. The van der Waals surface area contributed by atoms with Crippen LogP contribution in [-0.2, 0) is 9.53 Å². The van der Waals surface area contributed by atoms with Crippen LogP contribution in [0.15, 0.2) is 36.9 Å². The Kier molecular flexibility index (Phi) is 4.75. The second kappa shape index (κ2) is 6.32. The molecule has 1 aromatic carbocycles. The van der Waals surface area contributed by atoms with E-state index in [1.807, 2.05) is 0 Å². The quantitative estimate of drug-likeness (QED) is 0.488. The summed E-state index contributed by atoms with van der Waals surface area (Å²) in [6.07, 6.45) is -0.511. The number of carbonyl (C=O) groups excluding carboxylic acids is 2. The summed E-state index contributed by atoms with van der Waals surface area (Å²) in [5.74, 6) is -0.337. The molecule has 0 bridgehead atoms. The van der Waals surface area contributed by atoms with Crippen molar-refractivity contribution in [3.8, 4) is 5.75 Å². The minimum atomic E-state index is -0.795. The predicted octanol–water partition coefficient (Wildman–Crippen LogP) is 1.65. The van der Waals surface area contributed by atoms with Gasteiger partial charge in [-0.1, -0.05) is 24.8 Å². The van der Waals surface area contributed by atoms with Crippen LogP contribution in [0.5, 0.6) is 5.75 Å². The second-order valence-electron chi connectivity index (χ2n) is 3.04. The van der Waals surface area contributed by atoms with Crippen molar-refractivity contribution in [2.75, 3.05) is 0 Å². The number of hydrogen-bond acceptors (Lipinski definition) is 4. The van der Waals surface area contributed by atoms with Crippen molar-refractivity contribution >= 4 is 12.1 Å². The first-order valence-corrected chi connectivity index (χ1v) is 4.90. The predicted molar refractivity (Wildman–Crippen MR) is 60.2 cm³/mol. The Morgan fingerprint density at radius 2 is 2.29 bits per heavy atom. The molecule has 0 spiro atoms. The topological polar surface area (TPSA) is 64.6 Å². The Balaban J connectivity index is 2.39. The molecule has 0 aliphatic heterocycles. The SMILES string of the molecule is C=CC(=O)OC(C)NC(=O)Oc1[c]cccc1. The lowest BCUT2D eigenvalue weighted by Crippen LogP contribution is -2.37. The van der Waals surface area contributed by atoms with Gasteiger partial charge in [0.15, 0.2) is 6.23 Å². The first kappa shape index (κ1) is 12.8. The number of para-hydroxylation sites is 1. The van der Waals surface area contributed by atoms with Crippen molar-refractivity contribution in [3.63, 3.8) is 0 Å². The van der Waals surface area contributed by atoms with Crippen molar-refractivity contribution in [1.82, 2.24) is 5.32 Å². The molecule has 1 amide bonds. The molecule has 1 rings (SSSR count). The van der Waals surface area contributed by atoms with Crippen LogP contribution in [0, 0.1) is 6.07 Å². The summed E-state index contributed by atoms with van der Waals surface area (Å²) in [5, 5.41) is 2.32. The van der Waals surface area contributed by atoms with Crippen molar-refractivity contribution in [1.29, 1.82) is 0 Å². The number of rotatable bonds is 4. The third-order valence-corrected chi connectivity index (χ3v) is 1.66. The van der Waals surface area contributed by atoms with Gasteiger partial charge in [0.05, 0.1) is 0 Å². The maximum atomic E-state index is 11.3. The number of amides is 1. The fourth-order valence-corrected chi connectivity index (χ4v) is 0.987. The molecule has 17 heavy (non-hydrogen) atoms. The summed E-state index contributed by atoms with van der Waals surface area (Å²) in [6, 6.07) is 9.37. The molecule has 0 aliphatic rings. The molecule has 1 unspecified atom stereocenters. The lowest BCUT2D eigenvalue weighted by Gasteiger charge is -2.13. The molecule has 0 aromatic heterocycles. The van der Waals surface area contributed by atoms with Crippen LogP contribution < -0.4 is 10.1 Å². The number of nitrogens with one attached hydrogen (secondary N) is 1. The van der Waals surface area contributed by atoms with Crippen LogP contribution in [0.2, 0.25) is 0 Å². The Morgan fingerprint density at radius 1 is 1.53 bits per heavy atom. The summed E-state index contributed by atoms with van der Waals surface area (Å²) >= 11 is 0. The summed E-state index contributed by atoms with van der Waals surface area (Å²) < 4.78 is 9.61. The van der Waals surface area contributed by atoms with E-state index in [0.717, 1.165) is 6.08 Å². The van der Waals surface area contributed by atoms with E-state index in [-0.39, 0.29) is 5.75 Å². The lowest BCUT2D eigenvalue weighted by molar-refractivity contribution is -0.143. The van der Waals surface area contributed by atoms with Gasteiger partial charge in [0.2, 0.25) is 0 Å². The zero-order valence-corrected chi connectivity index (χ0v) is 9.30. The summed E-state index contributed by atoms with van der Waals surface area (Å²) in [5.41, 5.74) is 0. The van der Waals surface area contributed by atoms with E-state index in [9.17, 15) is 9.59 Å². The van der Waals surface area contributed by atoms with E-state index in [2.05, 4.69) is 18.0 Å². The molecule has 1 aromatic rings. The van der Waals surface area contributed by atoms with E-state index in [1.165, 1.54) is 6.92 Å². The number of hydrogen-bond donors (Lipinski definition) is 1. The fraction of sp³-hybridized carbons (Fsp3) is 0.167. The molecule has 0 fully saturated rings. The van der Waals surface area contributed by atoms with Crippen molar-refractivity contribution in [2.24, 2.45) is 0 Å². The van der Waals surface area contributed by atoms with E-state index in [1.54, 1.807) is 24.3 Å². The number of ether oxygens (including phenoxy) is 2. The highest BCUT2D eigenvalue weighted by atomic mass is 16.6. The van der Waals surface area contributed by atoms with Gasteiger partial charge in [-0.3, -0.25) is 5.32 Å². The van der Waals surface area contributed by atoms with Gasteiger partial charge in [-0.2, -0.15) is 0 Å². The highest BCUT2D eigenvalue weighted by molar-refractivity contribution is 5.81. The molecule has 5 nitrogen and oxygen atoms in total. The number of benzene rings is 1. The average Bonchev–Trinajstić information content (AvgIpc) is 2.29. The molecule has 0 saturated carbocycles. The van der Waals surface area contributed by atoms with Crippen molar-refractivity contribution < 1.29 is 19.1 Å². The highest BCUT2D eigenvalue weighted by Crippen LogP contribution is 2.07. The average molecular weight is 234 g/mol. The van der Waals surface area contributed by atoms with E-state index >= 15 is 0 Å². The van der Waals surface area contributed by atoms with Crippen LogP contribution in [0.25, 0.3) is 0 Å². The Morgan fingerprint density at radius 3 is 2.88 bits per heavy atom. The van der Waals surface area contributed by atoms with Gasteiger partial charge < -0.3 is 9.47 Å². The fourth-order valence-electron chi connectivity index (χ4n) is 0.987. The molecule has 0 saturated heterocycles. The van der Waals surface area contributed by atoms with Gasteiger partial charge in [0.25, 0.3) is 0 Å². The van der Waals surface area contributed by atoms with Crippen molar-refractivity contribution in [2.45, 2.75) is 13.2 Å². The van der Waals surface area contributed by atoms with Crippen LogP contribution in [0.1, 0.15) is 6.92 Å². The standard InChI is InChI=1S/C12H12NO4/c1-3-11(14)16-9(2)13-12(15)17-10-7-5-4-6-8-10/h3-7,9H,1H2,2H3,(H,13,15). The van der Waals surface area contributed by atoms with Gasteiger partial charge in [0, 0.05) is 12.1 Å². The van der Waals surface area contributed by atoms with E-state index < -0.39 is 18.3 Å². The van der Waals surface area contributed by atoms with Gasteiger partial charge in [0.1, 0.15) is 5.75 Å². The lowest BCUT2D eigenvalue weighted by atomic mass is 10.3. The maximum absolute atomic E-state index is 11.3. The zero-order valence-electron chi connectivity index (χ0n) is 9.30. The first-order chi connectivity index (χ1) is 8.11. The minimum Gasteiger partial charge on any atom is -0.439 e. The van der Waals surface area contributed by atoms with Gasteiger partial charge >= 0.3 is 12.1 Å². The Hall–Kier alpha value is -2.30. The molecule has 5 heteroatoms. The Bertz CT molecular complexity index is 402. The summed E-state index contributed by atoms with van der Waals surface area (Å²) in [7, 11) is 0. The third-order valence-electron chi connectivity index (χ3n) is 1.66. The van der Waals surface area contributed by atoms with Crippen LogP contribution in [-0.4, -0.2) is 18.3 Å². The summed E-state index contributed by atoms with van der Waals surface area (Å²) in [4.78, 5) is 22.1. The second-order valence-corrected chi connectivity index (χ2v) is 3.04. The van der Waals surface area contributed by atoms with E-state index in [0.29, 0.717) is 0 Å². The largest absolute Gasteiger partial charge is 0.439 e. The maximum Gasteiger partial charge on any atom is 0.415 e. The Labute approximate surface area is 99.0 Å². The number of esters is 1. The third kappa shape index (κ3) is 4.83. The molecular formula is C12H12NO4. The molecule has 0 aliphatic carbocycles. The van der Waals surface area contributed by atoms with Gasteiger partial charge in [-0.05, 0) is 13.0 Å². The van der Waals surface area contributed by atoms with Crippen LogP contribution in [0.4, 0.5) is 4.79 Å². The first-order valence-electron chi connectivity index (χ1n) is 4.90. The minimum absolute atomic E-state index is 0.284. The molecule has 1 N–H and O–H groups in total. The smallest absolute Gasteiger partial charge is 0.415 e.